The number of nitrogens with one attached hydrogen (secondary N) is 1. The number of nitrogens with zero attached hydrogens (tertiary/aromatic N) is 1. The summed E-state index contributed by atoms with van der Waals surface area (Å²) in [7, 11) is 0. The minimum absolute atomic E-state index is 0.0999. The average Bonchev–Trinajstić information content (AvgIpc) is 3.06. The molecule has 3 aromatic carbocycles. The highest BCUT2D eigenvalue weighted by atomic mass is 35.5. The third-order valence-electron chi connectivity index (χ3n) is 5.39. The molecule has 0 aliphatic carbocycles. The highest BCUT2D eigenvalue weighted by molar-refractivity contribution is 6.30. The largest absolute Gasteiger partial charge is 0.477 e. The molecule has 1 heterocycles. The number of aromatic nitrogens is 1. The molecule has 1 atom stereocenters. The molecule has 5 heteroatoms. The normalized spacial score (nSPS) is 12.2. The van der Waals surface area contributed by atoms with E-state index >= 15 is 0 Å². The molecule has 0 fully saturated rings. The summed E-state index contributed by atoms with van der Waals surface area (Å²) in [6.07, 6.45) is 0. The average molecular weight is 419 g/mol. The number of carboxylic acids is 1. The second kappa shape index (κ2) is 8.74. The first kappa shape index (κ1) is 20.2. The second-order valence-electron chi connectivity index (χ2n) is 7.38. The van der Waals surface area contributed by atoms with Crippen LogP contribution < -0.4 is 5.32 Å². The molecule has 0 aliphatic rings. The van der Waals surface area contributed by atoms with Crippen LogP contribution in [0.25, 0.3) is 10.9 Å². The highest BCUT2D eigenvalue weighted by Gasteiger charge is 2.22. The fraction of sp³-hybridized carbons (Fsp3) is 0.160. The topological polar surface area (TPSA) is 54.3 Å². The van der Waals surface area contributed by atoms with E-state index in [2.05, 4.69) is 24.4 Å². The number of carbonyl (C=O) groups is 1. The van der Waals surface area contributed by atoms with Gasteiger partial charge in [0.15, 0.2) is 0 Å². The maximum atomic E-state index is 12.3. The number of halogens is 1. The first-order chi connectivity index (χ1) is 14.5. The molecule has 4 rings (SSSR count). The Kier molecular flexibility index (Phi) is 5.88. The molecule has 1 aromatic heterocycles. The molecule has 4 aromatic rings. The van der Waals surface area contributed by atoms with Crippen molar-refractivity contribution in [1.82, 2.24) is 9.88 Å². The smallest absolute Gasteiger partial charge is 0.352 e. The minimum atomic E-state index is -0.933. The molecule has 2 N–H and O–H groups in total. The summed E-state index contributed by atoms with van der Waals surface area (Å²) in [5.74, 6) is -0.933. The van der Waals surface area contributed by atoms with E-state index in [9.17, 15) is 9.90 Å². The number of benzene rings is 3. The summed E-state index contributed by atoms with van der Waals surface area (Å²) in [5, 5.41) is 15.2. The summed E-state index contributed by atoms with van der Waals surface area (Å²) in [6, 6.07) is 25.6. The Labute approximate surface area is 180 Å². The van der Waals surface area contributed by atoms with Gasteiger partial charge in [-0.05, 0) is 36.2 Å². The van der Waals surface area contributed by atoms with E-state index in [1.54, 1.807) is 0 Å². The van der Waals surface area contributed by atoms with Gasteiger partial charge in [-0.3, -0.25) is 0 Å². The molecule has 0 aliphatic heterocycles. The molecule has 30 heavy (non-hydrogen) atoms. The maximum absolute atomic E-state index is 12.3. The third-order valence-corrected chi connectivity index (χ3v) is 5.63. The lowest BCUT2D eigenvalue weighted by Crippen LogP contribution is -2.20. The lowest BCUT2D eigenvalue weighted by Gasteiger charge is -2.15. The van der Waals surface area contributed by atoms with Crippen molar-refractivity contribution in [3.05, 3.63) is 106 Å². The van der Waals surface area contributed by atoms with Gasteiger partial charge in [0.1, 0.15) is 5.69 Å². The lowest BCUT2D eigenvalue weighted by atomic mass is 10.1. The fourth-order valence-corrected chi connectivity index (χ4v) is 4.11. The Balaban J connectivity index is 1.74. The van der Waals surface area contributed by atoms with Crippen LogP contribution in [0, 0.1) is 0 Å². The molecule has 152 valence electrons. The van der Waals surface area contributed by atoms with E-state index in [0.717, 1.165) is 27.6 Å². The van der Waals surface area contributed by atoms with Crippen LogP contribution in [0.3, 0.4) is 0 Å². The molecular formula is C25H23ClN2O2. The van der Waals surface area contributed by atoms with Crippen molar-refractivity contribution in [2.45, 2.75) is 26.1 Å². The standard InChI is InChI=1S/C25H23ClN2O2/c1-17(19-9-3-2-4-10-19)27-15-22-21-12-5-6-13-23(21)28(24(22)25(29)30)16-18-8-7-11-20(26)14-18/h2-14,17,27H,15-16H2,1H3,(H,29,30)/t17-/m0/s1. The van der Waals surface area contributed by atoms with Gasteiger partial charge >= 0.3 is 5.97 Å². The number of para-hydroxylation sites is 1. The number of aromatic carboxylic acids is 1. The van der Waals surface area contributed by atoms with E-state index in [4.69, 9.17) is 11.6 Å². The minimum Gasteiger partial charge on any atom is -0.477 e. The lowest BCUT2D eigenvalue weighted by molar-refractivity contribution is 0.0684. The number of carboxylic acid groups (broad SMARTS) is 1. The van der Waals surface area contributed by atoms with Gasteiger partial charge < -0.3 is 15.0 Å². The molecular weight excluding hydrogens is 396 g/mol. The molecule has 0 unspecified atom stereocenters. The van der Waals surface area contributed by atoms with Crippen molar-refractivity contribution < 1.29 is 9.90 Å². The van der Waals surface area contributed by atoms with E-state index < -0.39 is 5.97 Å². The van der Waals surface area contributed by atoms with Crippen molar-refractivity contribution in [2.24, 2.45) is 0 Å². The van der Waals surface area contributed by atoms with Crippen LogP contribution in [0.5, 0.6) is 0 Å². The zero-order valence-electron chi connectivity index (χ0n) is 16.7. The maximum Gasteiger partial charge on any atom is 0.352 e. The Morgan fingerprint density at radius 1 is 1.03 bits per heavy atom. The number of hydrogen-bond acceptors (Lipinski definition) is 2. The van der Waals surface area contributed by atoms with Crippen LogP contribution in [-0.2, 0) is 13.1 Å². The van der Waals surface area contributed by atoms with E-state index in [0.29, 0.717) is 23.8 Å². The van der Waals surface area contributed by atoms with Crippen molar-refractivity contribution in [3.8, 4) is 0 Å². The molecule has 0 saturated heterocycles. The highest BCUT2D eigenvalue weighted by Crippen LogP contribution is 2.28. The summed E-state index contributed by atoms with van der Waals surface area (Å²) >= 11 is 6.14. The van der Waals surface area contributed by atoms with Crippen molar-refractivity contribution in [2.75, 3.05) is 0 Å². The van der Waals surface area contributed by atoms with E-state index in [1.807, 2.05) is 71.3 Å². The Bertz CT molecular complexity index is 1180. The van der Waals surface area contributed by atoms with Crippen molar-refractivity contribution in [1.29, 1.82) is 0 Å². The van der Waals surface area contributed by atoms with Crippen LogP contribution in [0.2, 0.25) is 5.02 Å². The first-order valence-corrected chi connectivity index (χ1v) is 10.3. The first-order valence-electron chi connectivity index (χ1n) is 9.90. The molecule has 0 spiro atoms. The molecule has 0 amide bonds. The van der Waals surface area contributed by atoms with Crippen LogP contribution in [0.15, 0.2) is 78.9 Å². The van der Waals surface area contributed by atoms with E-state index in [1.165, 1.54) is 0 Å². The molecule has 4 nitrogen and oxygen atoms in total. The number of hydrogen-bond donors (Lipinski definition) is 2. The quantitative estimate of drug-likeness (QED) is 0.393. The SMILES string of the molecule is C[C@H](NCc1c(C(=O)O)n(Cc2cccc(Cl)c2)c2ccccc12)c1ccccc1. The molecule has 0 radical (unpaired) electrons. The van der Waals surface area contributed by atoms with Gasteiger partial charge in [-0.15, -0.1) is 0 Å². The Morgan fingerprint density at radius 3 is 2.50 bits per heavy atom. The predicted octanol–water partition coefficient (Wildman–Crippen LogP) is 5.89. The predicted molar refractivity (Wildman–Crippen MR) is 121 cm³/mol. The fourth-order valence-electron chi connectivity index (χ4n) is 3.90. The Hall–Kier alpha value is -3.08. The second-order valence-corrected chi connectivity index (χ2v) is 7.82. The van der Waals surface area contributed by atoms with Gasteiger partial charge in [-0.25, -0.2) is 4.79 Å². The number of rotatable bonds is 7. The van der Waals surface area contributed by atoms with Gasteiger partial charge in [-0.1, -0.05) is 72.3 Å². The summed E-state index contributed by atoms with van der Waals surface area (Å²) < 4.78 is 1.87. The van der Waals surface area contributed by atoms with E-state index in [-0.39, 0.29) is 6.04 Å². The van der Waals surface area contributed by atoms with Crippen molar-refractivity contribution in [3.63, 3.8) is 0 Å². The van der Waals surface area contributed by atoms with Crippen LogP contribution in [-0.4, -0.2) is 15.6 Å². The summed E-state index contributed by atoms with van der Waals surface area (Å²) in [5.41, 5.74) is 4.13. The monoisotopic (exact) mass is 418 g/mol. The number of fused-ring (bicyclic) bond motifs is 1. The Morgan fingerprint density at radius 2 is 1.77 bits per heavy atom. The van der Waals surface area contributed by atoms with Crippen LogP contribution in [0.1, 0.15) is 40.1 Å². The van der Waals surface area contributed by atoms with Gasteiger partial charge in [0, 0.05) is 40.6 Å². The van der Waals surface area contributed by atoms with Gasteiger partial charge in [0.2, 0.25) is 0 Å². The van der Waals surface area contributed by atoms with Gasteiger partial charge in [0.25, 0.3) is 0 Å². The summed E-state index contributed by atoms with van der Waals surface area (Å²) in [6.45, 7) is 2.98. The van der Waals surface area contributed by atoms with Crippen LogP contribution in [0.4, 0.5) is 0 Å². The molecule has 0 bridgehead atoms. The zero-order chi connectivity index (χ0) is 21.1. The van der Waals surface area contributed by atoms with Crippen LogP contribution >= 0.6 is 11.6 Å². The van der Waals surface area contributed by atoms with Crippen molar-refractivity contribution >= 4 is 28.5 Å². The van der Waals surface area contributed by atoms with Gasteiger partial charge in [0.05, 0.1) is 0 Å². The van der Waals surface area contributed by atoms with Gasteiger partial charge in [-0.2, -0.15) is 0 Å². The third kappa shape index (κ3) is 4.11. The zero-order valence-corrected chi connectivity index (χ0v) is 17.4. The molecule has 0 saturated carbocycles. The summed E-state index contributed by atoms with van der Waals surface area (Å²) in [4.78, 5) is 12.3.